The Morgan fingerprint density at radius 2 is 2.03 bits per heavy atom. The summed E-state index contributed by atoms with van der Waals surface area (Å²) in [5.41, 5.74) is 1.90. The van der Waals surface area contributed by atoms with Gasteiger partial charge in [-0.05, 0) is 43.4 Å². The predicted molar refractivity (Wildman–Crippen MR) is 113 cm³/mol. The van der Waals surface area contributed by atoms with Gasteiger partial charge in [-0.25, -0.2) is 0 Å². The van der Waals surface area contributed by atoms with E-state index in [9.17, 15) is 9.59 Å². The van der Waals surface area contributed by atoms with Crippen molar-refractivity contribution in [1.29, 1.82) is 0 Å². The van der Waals surface area contributed by atoms with E-state index >= 15 is 0 Å². The number of furan rings is 1. The van der Waals surface area contributed by atoms with Crippen LogP contribution in [0.3, 0.4) is 0 Å². The summed E-state index contributed by atoms with van der Waals surface area (Å²) in [6, 6.07) is 5.38. The molecule has 29 heavy (non-hydrogen) atoms. The molecule has 1 fully saturated rings. The van der Waals surface area contributed by atoms with Crippen LogP contribution in [0, 0.1) is 11.8 Å². The van der Waals surface area contributed by atoms with E-state index < -0.39 is 6.04 Å². The second-order valence-electron chi connectivity index (χ2n) is 8.54. The molecule has 6 heteroatoms. The molecule has 3 rings (SSSR count). The quantitative estimate of drug-likeness (QED) is 0.768. The number of carbonyl (C=O) groups is 2. The van der Waals surface area contributed by atoms with E-state index in [2.05, 4.69) is 5.32 Å². The van der Waals surface area contributed by atoms with Crippen molar-refractivity contribution in [2.75, 3.05) is 13.7 Å². The second-order valence-corrected chi connectivity index (χ2v) is 8.54. The van der Waals surface area contributed by atoms with Crippen molar-refractivity contribution < 1.29 is 18.7 Å². The van der Waals surface area contributed by atoms with Crippen LogP contribution >= 0.6 is 0 Å². The molecule has 0 spiro atoms. The Morgan fingerprint density at radius 1 is 1.28 bits per heavy atom. The van der Waals surface area contributed by atoms with Gasteiger partial charge in [0.25, 0.3) is 0 Å². The molecule has 0 unspecified atom stereocenters. The first-order valence-corrected chi connectivity index (χ1v) is 10.5. The van der Waals surface area contributed by atoms with Gasteiger partial charge in [-0.15, -0.1) is 0 Å². The number of nitrogens with zero attached hydrogens (tertiary/aromatic N) is 1. The highest BCUT2D eigenvalue weighted by atomic mass is 16.5. The highest BCUT2D eigenvalue weighted by Gasteiger charge is 2.35. The van der Waals surface area contributed by atoms with Gasteiger partial charge in [0.15, 0.2) is 0 Å². The van der Waals surface area contributed by atoms with Gasteiger partial charge in [0, 0.05) is 29.5 Å². The minimum atomic E-state index is -0.494. The molecule has 0 radical (unpaired) electrons. The summed E-state index contributed by atoms with van der Waals surface area (Å²) in [6.45, 7) is 8.36. The lowest BCUT2D eigenvalue weighted by Gasteiger charge is -2.31. The van der Waals surface area contributed by atoms with Crippen LogP contribution in [0.5, 0.6) is 5.75 Å². The fourth-order valence-corrected chi connectivity index (χ4v) is 3.95. The lowest BCUT2D eigenvalue weighted by atomic mass is 9.99. The number of fused-ring (bicyclic) bond motifs is 1. The first-order chi connectivity index (χ1) is 13.8. The Labute approximate surface area is 172 Å². The molecule has 0 bridgehead atoms. The maximum Gasteiger partial charge on any atom is 0.245 e. The molecule has 2 heterocycles. The molecule has 1 N–H and O–H groups in total. The number of nitrogens with one attached hydrogen (secondary N) is 1. The number of hydrogen-bond acceptors (Lipinski definition) is 4. The van der Waals surface area contributed by atoms with Crippen molar-refractivity contribution in [3.8, 4) is 5.75 Å². The molecule has 1 aromatic carbocycles. The molecule has 1 saturated heterocycles. The second kappa shape index (κ2) is 8.89. The Hall–Kier alpha value is -2.50. The van der Waals surface area contributed by atoms with Crippen molar-refractivity contribution in [1.82, 2.24) is 10.2 Å². The van der Waals surface area contributed by atoms with Crippen molar-refractivity contribution in [3.63, 3.8) is 0 Å². The fraction of sp³-hybridized carbons (Fsp3) is 0.565. The molecule has 0 saturated carbocycles. The maximum absolute atomic E-state index is 13.3. The smallest absolute Gasteiger partial charge is 0.245 e. The number of methoxy groups -OCH3 is 1. The van der Waals surface area contributed by atoms with Gasteiger partial charge >= 0.3 is 0 Å². The van der Waals surface area contributed by atoms with Crippen LogP contribution < -0.4 is 10.1 Å². The fourth-order valence-electron chi connectivity index (χ4n) is 3.95. The maximum atomic E-state index is 13.3. The largest absolute Gasteiger partial charge is 0.497 e. The monoisotopic (exact) mass is 400 g/mol. The van der Waals surface area contributed by atoms with Crippen molar-refractivity contribution in [2.45, 2.75) is 59.0 Å². The van der Waals surface area contributed by atoms with Gasteiger partial charge in [-0.3, -0.25) is 9.59 Å². The van der Waals surface area contributed by atoms with Crippen LogP contribution in [0.25, 0.3) is 11.0 Å². The van der Waals surface area contributed by atoms with Gasteiger partial charge in [0.1, 0.15) is 17.4 Å². The molecule has 1 aromatic heterocycles. The van der Waals surface area contributed by atoms with Crippen molar-refractivity contribution >= 4 is 22.8 Å². The molecule has 2 atom stereocenters. The summed E-state index contributed by atoms with van der Waals surface area (Å²) in [5.74, 6) is 0.606. The number of ether oxygens (including phenoxy) is 1. The van der Waals surface area contributed by atoms with Crippen LogP contribution in [-0.2, 0) is 16.0 Å². The summed E-state index contributed by atoms with van der Waals surface area (Å²) < 4.78 is 11.0. The number of hydrogen-bond donors (Lipinski definition) is 1. The number of likely N-dealkylation sites (tertiary alicyclic amines) is 1. The molecule has 2 aromatic rings. The minimum Gasteiger partial charge on any atom is -0.497 e. The Morgan fingerprint density at radius 3 is 2.69 bits per heavy atom. The number of carbonyl (C=O) groups excluding carboxylic acids is 2. The molecule has 1 aliphatic rings. The molecule has 0 aliphatic carbocycles. The van der Waals surface area contributed by atoms with E-state index in [-0.39, 0.29) is 29.7 Å². The summed E-state index contributed by atoms with van der Waals surface area (Å²) in [4.78, 5) is 27.5. The zero-order chi connectivity index (χ0) is 21.1. The van der Waals surface area contributed by atoms with Gasteiger partial charge in [-0.1, -0.05) is 27.7 Å². The highest BCUT2D eigenvalue weighted by molar-refractivity contribution is 5.89. The molecule has 6 nitrogen and oxygen atoms in total. The van der Waals surface area contributed by atoms with Crippen molar-refractivity contribution in [2.24, 2.45) is 11.8 Å². The SMILES string of the molecule is COc1ccc2occ(C[C@@H]3CCCN3C(=O)[C@@H](NC(=O)C(C)C)C(C)C)c2c1. The van der Waals surface area contributed by atoms with E-state index in [1.807, 2.05) is 50.8 Å². The molecule has 1 aliphatic heterocycles. The van der Waals surface area contributed by atoms with Crippen LogP contribution in [0.4, 0.5) is 0 Å². The average molecular weight is 401 g/mol. The summed E-state index contributed by atoms with van der Waals surface area (Å²) in [6.07, 6.45) is 4.43. The van der Waals surface area contributed by atoms with Gasteiger partial charge in [0.2, 0.25) is 11.8 Å². The average Bonchev–Trinajstić information content (AvgIpc) is 3.32. The Kier molecular flexibility index (Phi) is 6.50. The predicted octanol–water partition coefficient (Wildman–Crippen LogP) is 3.77. The third kappa shape index (κ3) is 4.57. The van der Waals surface area contributed by atoms with E-state index in [4.69, 9.17) is 9.15 Å². The van der Waals surface area contributed by atoms with E-state index in [0.29, 0.717) is 0 Å². The Bertz CT molecular complexity index is 871. The Balaban J connectivity index is 1.78. The zero-order valence-electron chi connectivity index (χ0n) is 18.0. The standard InChI is InChI=1S/C23H32N2O4/c1-14(2)21(24-22(26)15(3)4)23(27)25-10-6-7-17(25)11-16-13-29-20-9-8-18(28-5)12-19(16)20/h8-9,12-15,17,21H,6-7,10-11H2,1-5H3,(H,24,26)/t17-,21-/m0/s1. The van der Waals surface area contributed by atoms with Crippen LogP contribution in [0.15, 0.2) is 28.9 Å². The normalized spacial score (nSPS) is 17.9. The lowest BCUT2D eigenvalue weighted by molar-refractivity contribution is -0.139. The van der Waals surface area contributed by atoms with E-state index in [1.54, 1.807) is 13.4 Å². The van der Waals surface area contributed by atoms with Gasteiger partial charge in [0.05, 0.1) is 13.4 Å². The number of amides is 2. The summed E-state index contributed by atoms with van der Waals surface area (Å²) in [7, 11) is 1.65. The van der Waals surface area contributed by atoms with Crippen molar-refractivity contribution in [3.05, 3.63) is 30.0 Å². The number of benzene rings is 1. The molecular formula is C23H32N2O4. The van der Waals surface area contributed by atoms with Crippen LogP contribution in [0.1, 0.15) is 46.1 Å². The van der Waals surface area contributed by atoms with Gasteiger partial charge in [-0.2, -0.15) is 0 Å². The summed E-state index contributed by atoms with van der Waals surface area (Å²) >= 11 is 0. The molecule has 2 amide bonds. The van der Waals surface area contributed by atoms with Gasteiger partial charge < -0.3 is 19.4 Å². The third-order valence-electron chi connectivity index (χ3n) is 5.73. The lowest BCUT2D eigenvalue weighted by Crippen LogP contribution is -2.53. The summed E-state index contributed by atoms with van der Waals surface area (Å²) in [5, 5.41) is 3.98. The molecule has 158 valence electrons. The van der Waals surface area contributed by atoms with E-state index in [1.165, 1.54) is 0 Å². The first-order valence-electron chi connectivity index (χ1n) is 10.5. The zero-order valence-corrected chi connectivity index (χ0v) is 18.0. The minimum absolute atomic E-state index is 0.0156. The first kappa shape index (κ1) is 21.2. The van der Waals surface area contributed by atoms with Crippen LogP contribution in [0.2, 0.25) is 0 Å². The topological polar surface area (TPSA) is 71.8 Å². The highest BCUT2D eigenvalue weighted by Crippen LogP contribution is 2.30. The van der Waals surface area contributed by atoms with Crippen LogP contribution in [-0.4, -0.2) is 42.5 Å². The number of rotatable bonds is 7. The third-order valence-corrected chi connectivity index (χ3v) is 5.73. The van der Waals surface area contributed by atoms with E-state index in [0.717, 1.165) is 48.1 Å². The molecular weight excluding hydrogens is 368 g/mol.